The van der Waals surface area contributed by atoms with Crippen LogP contribution in [0.1, 0.15) is 5.69 Å². The Bertz CT molecular complexity index is 812. The van der Waals surface area contributed by atoms with Gasteiger partial charge in [0.25, 0.3) is 5.69 Å². The summed E-state index contributed by atoms with van der Waals surface area (Å²) < 4.78 is 0. The van der Waals surface area contributed by atoms with Gasteiger partial charge in [0.05, 0.1) is 4.92 Å². The largest absolute Gasteiger partial charge is 0.270 e. The highest BCUT2D eigenvalue weighted by Gasteiger charge is 2.12. The van der Waals surface area contributed by atoms with Gasteiger partial charge in [-0.25, -0.2) is 9.97 Å². The molecule has 0 fully saturated rings. The molecule has 3 rings (SSSR count). The fourth-order valence-corrected chi connectivity index (χ4v) is 1.94. The van der Waals surface area contributed by atoms with E-state index >= 15 is 0 Å². The molecule has 0 saturated heterocycles. The van der Waals surface area contributed by atoms with Crippen molar-refractivity contribution in [3.05, 3.63) is 58.3 Å². The third kappa shape index (κ3) is 2.62. The van der Waals surface area contributed by atoms with Crippen LogP contribution in [0.5, 0.6) is 0 Å². The molecule has 7 nitrogen and oxygen atoms in total. The van der Waals surface area contributed by atoms with Gasteiger partial charge in [-0.3, -0.25) is 15.2 Å². The van der Waals surface area contributed by atoms with Gasteiger partial charge in [0.2, 0.25) is 0 Å². The molecule has 21 heavy (non-hydrogen) atoms. The number of non-ortho nitro benzene ring substituents is 1. The van der Waals surface area contributed by atoms with E-state index in [-0.39, 0.29) is 5.69 Å². The highest BCUT2D eigenvalue weighted by atomic mass is 16.6. The minimum atomic E-state index is -0.442. The van der Waals surface area contributed by atoms with Gasteiger partial charge in [-0.15, -0.1) is 0 Å². The summed E-state index contributed by atoms with van der Waals surface area (Å²) in [6.45, 7) is 1.89. The van der Waals surface area contributed by atoms with E-state index in [9.17, 15) is 10.1 Å². The Morgan fingerprint density at radius 1 is 1.14 bits per heavy atom. The average molecular weight is 281 g/mol. The zero-order chi connectivity index (χ0) is 14.8. The van der Waals surface area contributed by atoms with Crippen LogP contribution in [0.4, 0.5) is 5.69 Å². The number of H-pyrrole nitrogens is 1. The SMILES string of the molecule is Cc1cccc(-c2n[nH]c(-c3cccc([N+](=O)[O-])c3)n2)n1. The predicted molar refractivity (Wildman–Crippen MR) is 76.4 cm³/mol. The maximum Gasteiger partial charge on any atom is 0.270 e. The Morgan fingerprint density at radius 3 is 2.71 bits per heavy atom. The molecule has 2 heterocycles. The van der Waals surface area contributed by atoms with Gasteiger partial charge in [0, 0.05) is 23.4 Å². The van der Waals surface area contributed by atoms with Crippen LogP contribution < -0.4 is 0 Å². The van der Waals surface area contributed by atoms with Crippen LogP contribution in [0.25, 0.3) is 22.9 Å². The van der Waals surface area contributed by atoms with Crippen molar-refractivity contribution in [2.24, 2.45) is 0 Å². The second-order valence-corrected chi connectivity index (χ2v) is 4.48. The van der Waals surface area contributed by atoms with E-state index in [0.717, 1.165) is 5.69 Å². The lowest BCUT2D eigenvalue weighted by molar-refractivity contribution is -0.384. The number of nitrogens with zero attached hydrogens (tertiary/aromatic N) is 4. The summed E-state index contributed by atoms with van der Waals surface area (Å²) in [5, 5.41) is 17.7. The van der Waals surface area contributed by atoms with Crippen molar-refractivity contribution in [3.63, 3.8) is 0 Å². The molecule has 2 aromatic heterocycles. The molecular formula is C14H11N5O2. The van der Waals surface area contributed by atoms with Crippen molar-refractivity contribution < 1.29 is 4.92 Å². The zero-order valence-corrected chi connectivity index (χ0v) is 11.1. The van der Waals surface area contributed by atoms with Gasteiger partial charge >= 0.3 is 0 Å². The molecule has 0 spiro atoms. The third-order valence-corrected chi connectivity index (χ3v) is 2.93. The van der Waals surface area contributed by atoms with Gasteiger partial charge in [0.1, 0.15) is 5.69 Å². The first kappa shape index (κ1) is 12.9. The first-order valence-corrected chi connectivity index (χ1v) is 6.25. The summed E-state index contributed by atoms with van der Waals surface area (Å²) in [7, 11) is 0. The van der Waals surface area contributed by atoms with E-state index < -0.39 is 4.92 Å². The molecule has 0 radical (unpaired) electrons. The summed E-state index contributed by atoms with van der Waals surface area (Å²) in [4.78, 5) is 19.0. The van der Waals surface area contributed by atoms with Crippen molar-refractivity contribution in [2.45, 2.75) is 6.92 Å². The number of hydrogen-bond donors (Lipinski definition) is 1. The first-order chi connectivity index (χ1) is 10.1. The monoisotopic (exact) mass is 281 g/mol. The number of hydrogen-bond acceptors (Lipinski definition) is 5. The van der Waals surface area contributed by atoms with Crippen molar-refractivity contribution in [3.8, 4) is 22.9 Å². The highest BCUT2D eigenvalue weighted by molar-refractivity contribution is 5.61. The topological polar surface area (TPSA) is 97.6 Å². The Labute approximate surface area is 119 Å². The lowest BCUT2D eigenvalue weighted by Crippen LogP contribution is -1.89. The number of nitro benzene ring substituents is 1. The Balaban J connectivity index is 1.98. The van der Waals surface area contributed by atoms with Crippen molar-refractivity contribution >= 4 is 5.69 Å². The van der Waals surface area contributed by atoms with Gasteiger partial charge < -0.3 is 0 Å². The van der Waals surface area contributed by atoms with E-state index in [1.807, 2.05) is 25.1 Å². The summed E-state index contributed by atoms with van der Waals surface area (Å²) in [5.41, 5.74) is 2.15. The second-order valence-electron chi connectivity index (χ2n) is 4.48. The molecule has 0 aliphatic heterocycles. The van der Waals surface area contributed by atoms with Gasteiger partial charge in [-0.05, 0) is 19.1 Å². The molecular weight excluding hydrogens is 270 g/mol. The van der Waals surface area contributed by atoms with E-state index in [1.54, 1.807) is 12.1 Å². The quantitative estimate of drug-likeness (QED) is 0.588. The number of benzene rings is 1. The highest BCUT2D eigenvalue weighted by Crippen LogP contribution is 2.22. The van der Waals surface area contributed by atoms with Crippen LogP contribution in [0, 0.1) is 17.0 Å². The van der Waals surface area contributed by atoms with Crippen LogP contribution in [0.15, 0.2) is 42.5 Å². The van der Waals surface area contributed by atoms with E-state index in [0.29, 0.717) is 22.9 Å². The van der Waals surface area contributed by atoms with Crippen molar-refractivity contribution in [1.82, 2.24) is 20.2 Å². The van der Waals surface area contributed by atoms with Crippen LogP contribution >= 0.6 is 0 Å². The maximum absolute atomic E-state index is 10.8. The zero-order valence-electron chi connectivity index (χ0n) is 11.1. The van der Waals surface area contributed by atoms with Crippen molar-refractivity contribution in [1.29, 1.82) is 0 Å². The molecule has 3 aromatic rings. The maximum atomic E-state index is 10.8. The number of aryl methyl sites for hydroxylation is 1. The molecule has 1 N–H and O–H groups in total. The van der Waals surface area contributed by atoms with Crippen LogP contribution in [-0.4, -0.2) is 25.1 Å². The summed E-state index contributed by atoms with van der Waals surface area (Å²) >= 11 is 0. The first-order valence-electron chi connectivity index (χ1n) is 6.25. The number of pyridine rings is 1. The van der Waals surface area contributed by atoms with Gasteiger partial charge in [0.15, 0.2) is 11.6 Å². The Morgan fingerprint density at radius 2 is 1.95 bits per heavy atom. The summed E-state index contributed by atoms with van der Waals surface area (Å²) in [6, 6.07) is 11.8. The van der Waals surface area contributed by atoms with Crippen LogP contribution in [0.3, 0.4) is 0 Å². The predicted octanol–water partition coefficient (Wildman–Crippen LogP) is 2.75. The number of rotatable bonds is 3. The minimum Gasteiger partial charge on any atom is -0.259 e. The Hall–Kier alpha value is -3.09. The molecule has 0 saturated carbocycles. The minimum absolute atomic E-state index is 0.0131. The van der Waals surface area contributed by atoms with Gasteiger partial charge in [-0.2, -0.15) is 5.10 Å². The normalized spacial score (nSPS) is 10.5. The number of aromatic amines is 1. The number of aromatic nitrogens is 4. The average Bonchev–Trinajstić information content (AvgIpc) is 2.97. The number of nitro groups is 1. The fraction of sp³-hybridized carbons (Fsp3) is 0.0714. The Kier molecular flexibility index (Phi) is 3.15. The molecule has 0 atom stereocenters. The van der Waals surface area contributed by atoms with E-state index in [4.69, 9.17) is 0 Å². The molecule has 7 heteroatoms. The van der Waals surface area contributed by atoms with E-state index in [1.165, 1.54) is 12.1 Å². The lowest BCUT2D eigenvalue weighted by atomic mass is 10.2. The van der Waals surface area contributed by atoms with Gasteiger partial charge in [-0.1, -0.05) is 18.2 Å². The standard InChI is InChI=1S/C14H11N5O2/c1-9-4-2-7-12(15-9)14-16-13(17-18-14)10-5-3-6-11(8-10)19(20)21/h2-8H,1H3,(H,16,17,18). The molecule has 0 unspecified atom stereocenters. The van der Waals surface area contributed by atoms with E-state index in [2.05, 4.69) is 20.2 Å². The smallest absolute Gasteiger partial charge is 0.259 e. The third-order valence-electron chi connectivity index (χ3n) is 2.93. The molecule has 0 aliphatic rings. The second kappa shape index (κ2) is 5.12. The molecule has 1 aromatic carbocycles. The van der Waals surface area contributed by atoms with Crippen LogP contribution in [0.2, 0.25) is 0 Å². The molecule has 0 amide bonds. The van der Waals surface area contributed by atoms with Crippen LogP contribution in [-0.2, 0) is 0 Å². The molecule has 104 valence electrons. The summed E-state index contributed by atoms with van der Waals surface area (Å²) in [5.74, 6) is 0.928. The van der Waals surface area contributed by atoms with Crippen molar-refractivity contribution in [2.75, 3.05) is 0 Å². The fourth-order valence-electron chi connectivity index (χ4n) is 1.94. The lowest BCUT2D eigenvalue weighted by Gasteiger charge is -1.96. The number of nitrogens with one attached hydrogen (secondary N) is 1. The molecule has 0 aliphatic carbocycles. The summed E-state index contributed by atoms with van der Waals surface area (Å²) in [6.07, 6.45) is 0. The molecule has 0 bridgehead atoms.